The van der Waals surface area contributed by atoms with Gasteiger partial charge in [0.05, 0.1) is 36.8 Å². The first kappa shape index (κ1) is 33.2. The molecule has 0 aliphatic carbocycles. The molecule has 1 aliphatic heterocycles. The van der Waals surface area contributed by atoms with E-state index in [9.17, 15) is 14.7 Å². The molecule has 1 aliphatic rings. The molecule has 0 saturated carbocycles. The van der Waals surface area contributed by atoms with Crippen molar-refractivity contribution < 1.29 is 24.2 Å². The highest BCUT2D eigenvalue weighted by Crippen LogP contribution is 2.35. The van der Waals surface area contributed by atoms with Crippen LogP contribution in [0.2, 0.25) is 0 Å². The average molecular weight is 547 g/mol. The van der Waals surface area contributed by atoms with Crippen molar-refractivity contribution in [3.8, 4) is 0 Å². The SMILES string of the molecule is CC[C@H](C)[C@@H](C(CC(=O)N1CCCC1[C@H](OC)[C@@H](C)[C@H](C)[C@@H](O)c1ccccc1)OC)N(C)C(=O)CC(C)C. The lowest BCUT2D eigenvalue weighted by Gasteiger charge is -2.40. The van der Waals surface area contributed by atoms with Gasteiger partial charge in [-0.15, -0.1) is 0 Å². The maximum atomic E-state index is 13.8. The zero-order valence-corrected chi connectivity index (χ0v) is 25.8. The molecule has 1 aromatic carbocycles. The second-order valence-corrected chi connectivity index (χ2v) is 12.0. The van der Waals surface area contributed by atoms with Gasteiger partial charge in [-0.1, -0.05) is 78.3 Å². The highest BCUT2D eigenvalue weighted by molar-refractivity contribution is 5.78. The minimum Gasteiger partial charge on any atom is -0.388 e. The van der Waals surface area contributed by atoms with Gasteiger partial charge in [-0.3, -0.25) is 9.59 Å². The first-order chi connectivity index (χ1) is 18.5. The Balaban J connectivity index is 2.20. The fraction of sp³-hybridized carbons (Fsp3) is 0.750. The normalized spacial score (nSPS) is 21.2. The summed E-state index contributed by atoms with van der Waals surface area (Å²) in [6.45, 7) is 13.2. The predicted octanol–water partition coefficient (Wildman–Crippen LogP) is 5.32. The van der Waals surface area contributed by atoms with E-state index < -0.39 is 12.2 Å². The van der Waals surface area contributed by atoms with Crippen molar-refractivity contribution >= 4 is 11.8 Å². The van der Waals surface area contributed by atoms with E-state index in [0.717, 1.165) is 24.8 Å². The van der Waals surface area contributed by atoms with Crippen LogP contribution in [0.1, 0.15) is 85.3 Å². The van der Waals surface area contributed by atoms with E-state index in [0.29, 0.717) is 13.0 Å². The molecule has 8 atom stereocenters. The molecular weight excluding hydrogens is 492 g/mol. The van der Waals surface area contributed by atoms with Crippen LogP contribution in [-0.4, -0.2) is 78.8 Å². The molecule has 1 N–H and O–H groups in total. The van der Waals surface area contributed by atoms with E-state index >= 15 is 0 Å². The molecule has 1 fully saturated rings. The van der Waals surface area contributed by atoms with E-state index in [1.165, 1.54) is 0 Å². The second-order valence-electron chi connectivity index (χ2n) is 12.0. The van der Waals surface area contributed by atoms with E-state index in [-0.39, 0.29) is 60.1 Å². The number of likely N-dealkylation sites (tertiary alicyclic amines) is 1. The van der Waals surface area contributed by atoms with Gasteiger partial charge in [-0.05, 0) is 42.1 Å². The number of nitrogens with zero attached hydrogens (tertiary/aromatic N) is 2. The van der Waals surface area contributed by atoms with Crippen molar-refractivity contribution in [1.29, 1.82) is 0 Å². The number of amides is 2. The largest absolute Gasteiger partial charge is 0.388 e. The Morgan fingerprint density at radius 3 is 2.21 bits per heavy atom. The summed E-state index contributed by atoms with van der Waals surface area (Å²) in [7, 11) is 5.19. The molecule has 7 heteroatoms. The molecule has 1 saturated heterocycles. The summed E-state index contributed by atoms with van der Waals surface area (Å²) >= 11 is 0. The molecular formula is C32H54N2O5. The highest BCUT2D eigenvalue weighted by Gasteiger charge is 2.42. The highest BCUT2D eigenvalue weighted by atomic mass is 16.5. The van der Waals surface area contributed by atoms with Crippen molar-refractivity contribution in [2.24, 2.45) is 23.7 Å². The molecule has 2 amide bonds. The number of aliphatic hydroxyl groups excluding tert-OH is 1. The van der Waals surface area contributed by atoms with E-state index in [1.807, 2.05) is 61.0 Å². The third-order valence-electron chi connectivity index (χ3n) is 8.97. The minimum absolute atomic E-state index is 0.0227. The van der Waals surface area contributed by atoms with Crippen LogP contribution in [0.4, 0.5) is 0 Å². The van der Waals surface area contributed by atoms with Gasteiger partial charge in [0.1, 0.15) is 0 Å². The van der Waals surface area contributed by atoms with E-state index in [1.54, 1.807) is 14.2 Å². The van der Waals surface area contributed by atoms with Crippen molar-refractivity contribution in [3.05, 3.63) is 35.9 Å². The van der Waals surface area contributed by atoms with Crippen LogP contribution in [0.3, 0.4) is 0 Å². The third kappa shape index (κ3) is 8.51. The van der Waals surface area contributed by atoms with Crippen molar-refractivity contribution in [3.63, 3.8) is 0 Å². The standard InChI is InChI=1S/C32H54N2O5/c1-10-22(4)30(33(7)28(35)19-21(2)3)27(38-8)20-29(36)34-18-14-17-26(34)32(39-9)24(6)23(5)31(37)25-15-12-11-13-16-25/h11-13,15-16,21-24,26-27,30-32,37H,10,14,17-20H2,1-9H3/t22-,23-,24-,26?,27?,30-,31+,32+/m0/s1. The Morgan fingerprint density at radius 2 is 1.67 bits per heavy atom. The molecule has 1 heterocycles. The Morgan fingerprint density at radius 1 is 1.03 bits per heavy atom. The van der Waals surface area contributed by atoms with E-state index in [4.69, 9.17) is 9.47 Å². The van der Waals surface area contributed by atoms with Crippen LogP contribution in [-0.2, 0) is 19.1 Å². The molecule has 39 heavy (non-hydrogen) atoms. The lowest BCUT2D eigenvalue weighted by Crippen LogP contribution is -2.52. The number of carbonyl (C=O) groups excluding carboxylic acids is 2. The van der Waals surface area contributed by atoms with Crippen LogP contribution in [0.15, 0.2) is 30.3 Å². The number of hydrogen-bond acceptors (Lipinski definition) is 5. The van der Waals surface area contributed by atoms with Crippen LogP contribution in [0, 0.1) is 23.7 Å². The molecule has 0 bridgehead atoms. The lowest BCUT2D eigenvalue weighted by molar-refractivity contribution is -0.145. The van der Waals surface area contributed by atoms with Gasteiger partial charge in [0.25, 0.3) is 0 Å². The molecule has 2 rings (SSSR count). The topological polar surface area (TPSA) is 79.3 Å². The monoisotopic (exact) mass is 546 g/mol. The number of ether oxygens (including phenoxy) is 2. The Labute approximate surface area is 237 Å². The summed E-state index contributed by atoms with van der Waals surface area (Å²) in [5.74, 6) is 0.536. The third-order valence-corrected chi connectivity index (χ3v) is 8.97. The summed E-state index contributed by atoms with van der Waals surface area (Å²) in [5.41, 5.74) is 0.890. The molecule has 222 valence electrons. The number of hydrogen-bond donors (Lipinski definition) is 1. The van der Waals surface area contributed by atoms with Gasteiger partial charge in [0, 0.05) is 34.2 Å². The first-order valence-electron chi connectivity index (χ1n) is 14.8. The molecule has 7 nitrogen and oxygen atoms in total. The second kappa shape index (κ2) is 15.7. The summed E-state index contributed by atoms with van der Waals surface area (Å²) < 4.78 is 12.0. The Bertz CT molecular complexity index is 879. The summed E-state index contributed by atoms with van der Waals surface area (Å²) in [4.78, 5) is 30.6. The fourth-order valence-electron chi connectivity index (χ4n) is 6.24. The average Bonchev–Trinajstić information content (AvgIpc) is 3.41. The van der Waals surface area contributed by atoms with Crippen LogP contribution in [0.25, 0.3) is 0 Å². The molecule has 1 aromatic rings. The Hall–Kier alpha value is -1.96. The number of carbonyl (C=O) groups is 2. The maximum absolute atomic E-state index is 13.8. The van der Waals surface area contributed by atoms with Gasteiger partial charge in [-0.25, -0.2) is 0 Å². The number of benzene rings is 1. The molecule has 2 unspecified atom stereocenters. The summed E-state index contributed by atoms with van der Waals surface area (Å²) in [5, 5.41) is 11.1. The lowest BCUT2D eigenvalue weighted by atomic mass is 9.80. The van der Waals surface area contributed by atoms with Crippen molar-refractivity contribution in [2.75, 3.05) is 27.8 Å². The molecule has 0 spiro atoms. The number of rotatable bonds is 15. The maximum Gasteiger partial charge on any atom is 0.225 e. The van der Waals surface area contributed by atoms with Crippen molar-refractivity contribution in [1.82, 2.24) is 9.80 Å². The molecule has 0 aromatic heterocycles. The zero-order chi connectivity index (χ0) is 29.3. The zero-order valence-electron chi connectivity index (χ0n) is 25.8. The van der Waals surface area contributed by atoms with Gasteiger partial charge >= 0.3 is 0 Å². The predicted molar refractivity (Wildman–Crippen MR) is 156 cm³/mol. The number of methoxy groups -OCH3 is 2. The molecule has 0 radical (unpaired) electrons. The Kier molecular flexibility index (Phi) is 13.4. The van der Waals surface area contributed by atoms with Crippen LogP contribution >= 0.6 is 0 Å². The fourth-order valence-corrected chi connectivity index (χ4v) is 6.24. The number of likely N-dealkylation sites (N-methyl/N-ethyl adjacent to an activating group) is 1. The summed E-state index contributed by atoms with van der Waals surface area (Å²) in [6.07, 6.45) is 2.14. The number of aliphatic hydroxyl groups is 1. The minimum atomic E-state index is -0.613. The van der Waals surface area contributed by atoms with Gasteiger partial charge in [-0.2, -0.15) is 0 Å². The van der Waals surface area contributed by atoms with Crippen LogP contribution in [0.5, 0.6) is 0 Å². The van der Waals surface area contributed by atoms with Gasteiger partial charge in [0.15, 0.2) is 0 Å². The van der Waals surface area contributed by atoms with Crippen molar-refractivity contribution in [2.45, 2.75) is 104 Å². The summed E-state index contributed by atoms with van der Waals surface area (Å²) in [6, 6.07) is 9.46. The smallest absolute Gasteiger partial charge is 0.225 e. The first-order valence-corrected chi connectivity index (χ1v) is 14.8. The van der Waals surface area contributed by atoms with Crippen LogP contribution < -0.4 is 0 Å². The van der Waals surface area contributed by atoms with Gasteiger partial charge < -0.3 is 24.4 Å². The quantitative estimate of drug-likeness (QED) is 0.322. The van der Waals surface area contributed by atoms with E-state index in [2.05, 4.69) is 27.7 Å². The van der Waals surface area contributed by atoms with Gasteiger partial charge in [0.2, 0.25) is 11.8 Å².